The van der Waals surface area contributed by atoms with Gasteiger partial charge in [0.2, 0.25) is 10.9 Å². The minimum absolute atomic E-state index is 0.475. The van der Waals surface area contributed by atoms with Crippen LogP contribution in [0, 0.1) is 0 Å². The zero-order valence-corrected chi connectivity index (χ0v) is 12.7. The Bertz CT molecular complexity index is 900. The summed E-state index contributed by atoms with van der Waals surface area (Å²) in [5, 5.41) is 0.637. The zero-order chi connectivity index (χ0) is 15.0. The highest BCUT2D eigenvalue weighted by Gasteiger charge is 2.14. The highest BCUT2D eigenvalue weighted by molar-refractivity contribution is 7.21. The van der Waals surface area contributed by atoms with E-state index in [4.69, 9.17) is 17.3 Å². The maximum atomic E-state index is 11.7. The third kappa shape index (κ3) is 2.60. The van der Waals surface area contributed by atoms with Gasteiger partial charge in [0.1, 0.15) is 0 Å². The van der Waals surface area contributed by atoms with Crippen molar-refractivity contribution in [1.82, 2.24) is 4.57 Å². The Morgan fingerprint density at radius 2 is 1.90 bits per heavy atom. The normalized spacial score (nSPS) is 11.3. The minimum atomic E-state index is -0.488. The van der Waals surface area contributed by atoms with E-state index in [1.807, 2.05) is 22.8 Å². The molecule has 4 nitrogen and oxygen atoms in total. The number of nitrogens with zero attached hydrogens (tertiary/aromatic N) is 1. The molecule has 1 aliphatic carbocycles. The van der Waals surface area contributed by atoms with Gasteiger partial charge in [0.25, 0.3) is 0 Å². The van der Waals surface area contributed by atoms with Crippen LogP contribution in [-0.4, -0.2) is 11.1 Å². The van der Waals surface area contributed by atoms with Crippen LogP contribution in [0.3, 0.4) is 0 Å². The van der Waals surface area contributed by atoms with E-state index in [0.717, 1.165) is 27.2 Å². The number of hydrogen-bond donors (Lipinski definition) is 1. The quantitative estimate of drug-likeness (QED) is 0.596. The lowest BCUT2D eigenvalue weighted by atomic mass is 10.2. The Morgan fingerprint density at radius 3 is 2.67 bits per heavy atom. The summed E-state index contributed by atoms with van der Waals surface area (Å²) in [7, 11) is 0. The van der Waals surface area contributed by atoms with Gasteiger partial charge in [-0.25, -0.2) is 0 Å². The molecule has 2 aliphatic rings. The van der Waals surface area contributed by atoms with Crippen molar-refractivity contribution in [3.63, 3.8) is 0 Å². The summed E-state index contributed by atoms with van der Waals surface area (Å²) in [5.41, 5.74) is 6.34. The molecule has 0 radical (unpaired) electrons. The monoisotopic (exact) mass is 320 g/mol. The van der Waals surface area contributed by atoms with Crippen molar-refractivity contribution in [2.75, 3.05) is 6.54 Å². The predicted molar refractivity (Wildman–Crippen MR) is 87.7 cm³/mol. The van der Waals surface area contributed by atoms with Gasteiger partial charge in [0.05, 0.1) is 20.8 Å². The average molecular weight is 321 g/mol. The second-order valence-electron chi connectivity index (χ2n) is 4.77. The van der Waals surface area contributed by atoms with Crippen LogP contribution in [-0.2, 0) is 6.54 Å². The van der Waals surface area contributed by atoms with E-state index in [1.54, 1.807) is 0 Å². The van der Waals surface area contributed by atoms with Gasteiger partial charge < -0.3 is 10.3 Å². The molecule has 0 atom stereocenters. The largest absolute Gasteiger partial charge is 0.339 e. The molecule has 0 spiro atoms. The SMILES string of the molecule is NCCCn1c2cc(=O)c(=O)cc-2sc2ccc(Cl)cc21. The number of aromatic nitrogens is 1. The summed E-state index contributed by atoms with van der Waals surface area (Å²) in [6, 6.07) is 8.44. The number of aryl methyl sites for hydroxylation is 1. The highest BCUT2D eigenvalue weighted by atomic mass is 35.5. The number of nitrogens with two attached hydrogens (primary N) is 1. The molecule has 6 heteroatoms. The van der Waals surface area contributed by atoms with Crippen molar-refractivity contribution in [2.24, 2.45) is 5.73 Å². The topological polar surface area (TPSA) is 65.1 Å². The minimum Gasteiger partial charge on any atom is -0.339 e. The van der Waals surface area contributed by atoms with Gasteiger partial charge in [0.15, 0.2) is 0 Å². The van der Waals surface area contributed by atoms with E-state index < -0.39 is 10.9 Å². The molecule has 108 valence electrons. The van der Waals surface area contributed by atoms with Gasteiger partial charge in [0, 0.05) is 23.7 Å². The number of halogens is 1. The molecular formula is C15H13ClN2O2S. The van der Waals surface area contributed by atoms with E-state index in [0.29, 0.717) is 18.1 Å². The molecule has 21 heavy (non-hydrogen) atoms. The van der Waals surface area contributed by atoms with Gasteiger partial charge in [-0.3, -0.25) is 9.59 Å². The van der Waals surface area contributed by atoms with Crippen molar-refractivity contribution in [3.05, 3.63) is 55.8 Å². The van der Waals surface area contributed by atoms with E-state index in [9.17, 15) is 9.59 Å². The van der Waals surface area contributed by atoms with Crippen LogP contribution in [0.1, 0.15) is 6.42 Å². The lowest BCUT2D eigenvalue weighted by molar-refractivity contribution is 0.672. The lowest BCUT2D eigenvalue weighted by Crippen LogP contribution is -2.24. The molecule has 1 aliphatic heterocycles. The third-order valence-corrected chi connectivity index (χ3v) is 4.68. The van der Waals surface area contributed by atoms with Crippen molar-refractivity contribution < 1.29 is 0 Å². The number of benzene rings is 2. The maximum absolute atomic E-state index is 11.7. The first kappa shape index (κ1) is 14.3. The number of fused-ring (bicyclic) bond motifs is 2. The lowest BCUT2D eigenvalue weighted by Gasteiger charge is -2.18. The van der Waals surface area contributed by atoms with Gasteiger partial charge in [-0.05, 0) is 31.2 Å². The fourth-order valence-electron chi connectivity index (χ4n) is 2.35. The van der Waals surface area contributed by atoms with E-state index in [1.165, 1.54) is 23.5 Å². The molecule has 3 rings (SSSR count). The molecule has 0 bridgehead atoms. The summed E-state index contributed by atoms with van der Waals surface area (Å²) in [6.45, 7) is 1.23. The fraction of sp³-hybridized carbons (Fsp3) is 0.200. The Morgan fingerprint density at radius 1 is 1.14 bits per heavy atom. The summed E-state index contributed by atoms with van der Waals surface area (Å²) in [4.78, 5) is 24.1. The van der Waals surface area contributed by atoms with Gasteiger partial charge in [-0.2, -0.15) is 0 Å². The van der Waals surface area contributed by atoms with E-state index in [-0.39, 0.29) is 0 Å². The molecule has 0 saturated heterocycles. The first-order chi connectivity index (χ1) is 10.1. The molecule has 0 amide bonds. The third-order valence-electron chi connectivity index (χ3n) is 3.33. The van der Waals surface area contributed by atoms with E-state index >= 15 is 0 Å². The van der Waals surface area contributed by atoms with Gasteiger partial charge >= 0.3 is 0 Å². The molecule has 1 heterocycles. The van der Waals surface area contributed by atoms with Crippen molar-refractivity contribution in [1.29, 1.82) is 0 Å². The van der Waals surface area contributed by atoms with E-state index in [2.05, 4.69) is 0 Å². The number of hydrogen-bond acceptors (Lipinski definition) is 4. The van der Waals surface area contributed by atoms with Crippen LogP contribution < -0.4 is 16.6 Å². The molecule has 1 aromatic carbocycles. The fourth-order valence-corrected chi connectivity index (χ4v) is 3.60. The average Bonchev–Trinajstić information content (AvgIpc) is 2.46. The van der Waals surface area contributed by atoms with Crippen LogP contribution in [0.5, 0.6) is 0 Å². The first-order valence-electron chi connectivity index (χ1n) is 6.57. The van der Waals surface area contributed by atoms with Crippen LogP contribution in [0.4, 0.5) is 0 Å². The Balaban J connectivity index is 2.43. The van der Waals surface area contributed by atoms with Crippen molar-refractivity contribution >= 4 is 33.2 Å². The zero-order valence-electron chi connectivity index (χ0n) is 11.1. The Labute approximate surface area is 129 Å². The first-order valence-corrected chi connectivity index (χ1v) is 7.76. The standard InChI is InChI=1S/C15H13ClN2O2S/c16-9-2-3-14-10(6-9)18(5-1-4-17)11-7-12(19)13(20)8-15(11)21-14/h2-3,6-8H,1,4-5,17H2. The molecule has 1 aromatic rings. The summed E-state index contributed by atoms with van der Waals surface area (Å²) < 4.78 is 3.03. The van der Waals surface area contributed by atoms with Crippen LogP contribution in [0.25, 0.3) is 20.8 Å². The molecule has 0 unspecified atom stereocenters. The molecule has 2 N–H and O–H groups in total. The summed E-state index contributed by atoms with van der Waals surface area (Å²) >= 11 is 7.57. The maximum Gasteiger partial charge on any atom is 0.227 e. The second-order valence-corrected chi connectivity index (χ2v) is 6.29. The van der Waals surface area contributed by atoms with Crippen LogP contribution >= 0.6 is 22.9 Å². The van der Waals surface area contributed by atoms with Crippen molar-refractivity contribution in [2.45, 2.75) is 13.0 Å². The van der Waals surface area contributed by atoms with Crippen LogP contribution in [0.15, 0.2) is 39.9 Å². The van der Waals surface area contributed by atoms with Crippen molar-refractivity contribution in [3.8, 4) is 10.6 Å². The summed E-state index contributed by atoms with van der Waals surface area (Å²) in [6.07, 6.45) is 0.781. The van der Waals surface area contributed by atoms with Gasteiger partial charge in [-0.15, -0.1) is 11.3 Å². The highest BCUT2D eigenvalue weighted by Crippen LogP contribution is 2.33. The Hall–Kier alpha value is -1.69. The molecule has 0 fully saturated rings. The molecular weight excluding hydrogens is 308 g/mol. The number of rotatable bonds is 3. The van der Waals surface area contributed by atoms with Gasteiger partial charge in [-0.1, -0.05) is 11.6 Å². The molecule has 0 saturated carbocycles. The smallest absolute Gasteiger partial charge is 0.227 e. The van der Waals surface area contributed by atoms with Crippen LogP contribution in [0.2, 0.25) is 5.02 Å². The predicted octanol–water partition coefficient (Wildman–Crippen LogP) is 2.53. The molecule has 0 aromatic heterocycles. The summed E-state index contributed by atoms with van der Waals surface area (Å²) in [5.74, 6) is 0. The Kier molecular flexibility index (Phi) is 3.80. The second kappa shape index (κ2) is 5.60.